The first-order valence-electron chi connectivity index (χ1n) is 10.3. The summed E-state index contributed by atoms with van der Waals surface area (Å²) < 4.78 is 0. The number of hydrogen-bond acceptors (Lipinski definition) is 3. The van der Waals surface area contributed by atoms with Gasteiger partial charge in [-0.3, -0.25) is 4.79 Å². The van der Waals surface area contributed by atoms with Crippen molar-refractivity contribution in [2.75, 3.05) is 29.9 Å². The predicted octanol–water partition coefficient (Wildman–Crippen LogP) is 4.17. The van der Waals surface area contributed by atoms with E-state index in [1.54, 1.807) is 0 Å². The van der Waals surface area contributed by atoms with Gasteiger partial charge in [-0.15, -0.1) is 0 Å². The standard InChI is InChI=1S/C24H29N3O/c1-17-16-20-9-5-11-21(23(20)26-18(17)2)24(28)25-13-7-15-27-14-6-10-19-8-3-4-12-22(19)27/h3-5,8-9,11-12,18,26H,1,6-7,10,13-16H2,2H3,(H,25,28). The highest BCUT2D eigenvalue weighted by Crippen LogP contribution is 2.30. The van der Waals surface area contributed by atoms with E-state index in [0.29, 0.717) is 6.54 Å². The van der Waals surface area contributed by atoms with Crippen molar-refractivity contribution >= 4 is 17.3 Å². The summed E-state index contributed by atoms with van der Waals surface area (Å²) in [4.78, 5) is 15.2. The summed E-state index contributed by atoms with van der Waals surface area (Å²) in [6.45, 7) is 8.97. The molecule has 0 fully saturated rings. The zero-order chi connectivity index (χ0) is 19.5. The van der Waals surface area contributed by atoms with Crippen LogP contribution in [0.1, 0.15) is 41.3 Å². The normalized spacial score (nSPS) is 18.1. The van der Waals surface area contributed by atoms with Crippen molar-refractivity contribution in [2.24, 2.45) is 0 Å². The van der Waals surface area contributed by atoms with Gasteiger partial charge in [-0.1, -0.05) is 42.5 Å². The fourth-order valence-corrected chi connectivity index (χ4v) is 4.23. The van der Waals surface area contributed by atoms with Crippen LogP contribution in [0.3, 0.4) is 0 Å². The van der Waals surface area contributed by atoms with E-state index in [1.807, 2.05) is 12.1 Å². The van der Waals surface area contributed by atoms with Gasteiger partial charge in [0.15, 0.2) is 0 Å². The molecule has 0 bridgehead atoms. The van der Waals surface area contributed by atoms with E-state index in [9.17, 15) is 4.79 Å². The molecule has 4 heteroatoms. The van der Waals surface area contributed by atoms with E-state index in [1.165, 1.54) is 24.1 Å². The van der Waals surface area contributed by atoms with E-state index in [0.717, 1.165) is 48.3 Å². The van der Waals surface area contributed by atoms with E-state index < -0.39 is 0 Å². The maximum Gasteiger partial charge on any atom is 0.253 e. The first kappa shape index (κ1) is 18.6. The molecule has 4 nitrogen and oxygen atoms in total. The zero-order valence-electron chi connectivity index (χ0n) is 16.6. The monoisotopic (exact) mass is 375 g/mol. The van der Waals surface area contributed by atoms with Crippen molar-refractivity contribution in [2.45, 2.75) is 38.6 Å². The van der Waals surface area contributed by atoms with Crippen LogP contribution < -0.4 is 15.5 Å². The summed E-state index contributed by atoms with van der Waals surface area (Å²) in [5, 5.41) is 6.55. The maximum atomic E-state index is 12.8. The average Bonchev–Trinajstić information content (AvgIpc) is 2.71. The molecule has 2 aliphatic rings. The van der Waals surface area contributed by atoms with Crippen LogP contribution >= 0.6 is 0 Å². The molecule has 28 heavy (non-hydrogen) atoms. The van der Waals surface area contributed by atoms with Crippen LogP contribution in [0.4, 0.5) is 11.4 Å². The summed E-state index contributed by atoms with van der Waals surface area (Å²) in [5.74, 6) is 0.00288. The number of rotatable bonds is 5. The van der Waals surface area contributed by atoms with Crippen LogP contribution in [-0.2, 0) is 12.8 Å². The molecule has 0 aliphatic carbocycles. The Labute approximate surface area is 167 Å². The molecule has 2 heterocycles. The second-order valence-corrected chi connectivity index (χ2v) is 7.87. The zero-order valence-corrected chi connectivity index (χ0v) is 16.6. The van der Waals surface area contributed by atoms with Crippen molar-refractivity contribution < 1.29 is 4.79 Å². The highest BCUT2D eigenvalue weighted by Gasteiger charge is 2.22. The fourth-order valence-electron chi connectivity index (χ4n) is 4.23. The Morgan fingerprint density at radius 1 is 1.21 bits per heavy atom. The Kier molecular flexibility index (Phi) is 5.38. The minimum Gasteiger partial charge on any atom is -0.378 e. The number of carbonyl (C=O) groups is 1. The van der Waals surface area contributed by atoms with Crippen LogP contribution in [0.2, 0.25) is 0 Å². The van der Waals surface area contributed by atoms with Gasteiger partial charge in [-0.2, -0.15) is 0 Å². The number of fused-ring (bicyclic) bond motifs is 2. The molecule has 0 radical (unpaired) electrons. The number of para-hydroxylation sites is 2. The number of carbonyl (C=O) groups excluding carboxylic acids is 1. The molecule has 2 aromatic rings. The second kappa shape index (κ2) is 8.09. The van der Waals surface area contributed by atoms with Gasteiger partial charge in [-0.05, 0) is 55.9 Å². The molecule has 1 amide bonds. The van der Waals surface area contributed by atoms with Gasteiger partial charge in [0.05, 0.1) is 11.3 Å². The van der Waals surface area contributed by atoms with Gasteiger partial charge < -0.3 is 15.5 Å². The third-order valence-corrected chi connectivity index (χ3v) is 5.88. The summed E-state index contributed by atoms with van der Waals surface area (Å²) in [5.41, 5.74) is 6.81. The molecule has 0 aromatic heterocycles. The highest BCUT2D eigenvalue weighted by atomic mass is 16.1. The molecule has 146 valence electrons. The Hall–Kier alpha value is -2.75. The molecule has 1 unspecified atom stereocenters. The molecule has 0 saturated carbocycles. The van der Waals surface area contributed by atoms with Crippen molar-refractivity contribution in [1.82, 2.24) is 5.32 Å². The third kappa shape index (κ3) is 3.77. The van der Waals surface area contributed by atoms with E-state index in [4.69, 9.17) is 0 Å². The van der Waals surface area contributed by atoms with E-state index in [-0.39, 0.29) is 11.9 Å². The van der Waals surface area contributed by atoms with Gasteiger partial charge >= 0.3 is 0 Å². The lowest BCUT2D eigenvalue weighted by Gasteiger charge is -2.31. The summed E-state index contributed by atoms with van der Waals surface area (Å²) in [6.07, 6.45) is 4.14. The number of aryl methyl sites for hydroxylation is 1. The van der Waals surface area contributed by atoms with E-state index >= 15 is 0 Å². The third-order valence-electron chi connectivity index (χ3n) is 5.88. The van der Waals surface area contributed by atoms with Crippen molar-refractivity contribution in [3.63, 3.8) is 0 Å². The Morgan fingerprint density at radius 2 is 2.04 bits per heavy atom. The topological polar surface area (TPSA) is 44.4 Å². The van der Waals surface area contributed by atoms with Crippen molar-refractivity contribution in [3.8, 4) is 0 Å². The maximum absolute atomic E-state index is 12.8. The van der Waals surface area contributed by atoms with Crippen LogP contribution in [0.15, 0.2) is 54.6 Å². The Balaban J connectivity index is 1.34. The quantitative estimate of drug-likeness (QED) is 0.609. The van der Waals surface area contributed by atoms with Gasteiger partial charge in [0.25, 0.3) is 5.91 Å². The highest BCUT2D eigenvalue weighted by molar-refractivity contribution is 6.00. The second-order valence-electron chi connectivity index (χ2n) is 7.87. The number of benzene rings is 2. The fraction of sp³-hybridized carbons (Fsp3) is 0.375. The molecule has 2 aliphatic heterocycles. The molecule has 0 saturated heterocycles. The molecule has 2 aromatic carbocycles. The summed E-state index contributed by atoms with van der Waals surface area (Å²) >= 11 is 0. The number of anilines is 2. The SMILES string of the molecule is C=C1Cc2cccc(C(=O)NCCCN3CCCc4ccccc43)c2NC1C. The smallest absolute Gasteiger partial charge is 0.253 e. The number of nitrogens with one attached hydrogen (secondary N) is 2. The predicted molar refractivity (Wildman–Crippen MR) is 116 cm³/mol. The number of hydrogen-bond donors (Lipinski definition) is 2. The van der Waals surface area contributed by atoms with Crippen LogP contribution in [0, 0.1) is 0 Å². The molecule has 4 rings (SSSR count). The van der Waals surface area contributed by atoms with Gasteiger partial charge in [-0.25, -0.2) is 0 Å². The summed E-state index contributed by atoms with van der Waals surface area (Å²) in [6, 6.07) is 14.8. The number of nitrogens with zero attached hydrogens (tertiary/aromatic N) is 1. The van der Waals surface area contributed by atoms with Crippen molar-refractivity contribution in [1.29, 1.82) is 0 Å². The van der Waals surface area contributed by atoms with Crippen LogP contribution in [-0.4, -0.2) is 31.6 Å². The first-order valence-corrected chi connectivity index (χ1v) is 10.3. The van der Waals surface area contributed by atoms with Crippen LogP contribution in [0.5, 0.6) is 0 Å². The summed E-state index contributed by atoms with van der Waals surface area (Å²) in [7, 11) is 0. The van der Waals surface area contributed by atoms with E-state index in [2.05, 4.69) is 59.4 Å². The largest absolute Gasteiger partial charge is 0.378 e. The molecule has 2 N–H and O–H groups in total. The Morgan fingerprint density at radius 3 is 2.93 bits per heavy atom. The number of amides is 1. The lowest BCUT2D eigenvalue weighted by atomic mass is 9.92. The van der Waals surface area contributed by atoms with Gasteiger partial charge in [0.2, 0.25) is 0 Å². The van der Waals surface area contributed by atoms with Crippen LogP contribution in [0.25, 0.3) is 0 Å². The lowest BCUT2D eigenvalue weighted by molar-refractivity contribution is 0.0954. The van der Waals surface area contributed by atoms with Gasteiger partial charge in [0, 0.05) is 31.4 Å². The average molecular weight is 376 g/mol. The van der Waals surface area contributed by atoms with Crippen molar-refractivity contribution in [3.05, 3.63) is 71.3 Å². The minimum atomic E-state index is 0.00288. The molecule has 1 atom stereocenters. The molecule has 0 spiro atoms. The Bertz CT molecular complexity index is 889. The molecular weight excluding hydrogens is 346 g/mol. The molecular formula is C24H29N3O. The lowest BCUT2D eigenvalue weighted by Crippen LogP contribution is -2.34. The first-order chi connectivity index (χ1) is 13.6. The minimum absolute atomic E-state index is 0.00288. The van der Waals surface area contributed by atoms with Gasteiger partial charge in [0.1, 0.15) is 0 Å².